The van der Waals surface area contributed by atoms with E-state index in [0.29, 0.717) is 0 Å². The maximum atomic E-state index is 3.98. The fraction of sp³-hybridized carbons (Fsp3) is 0.231. The van der Waals surface area contributed by atoms with E-state index >= 15 is 0 Å². The van der Waals surface area contributed by atoms with Crippen LogP contribution in [0.25, 0.3) is 0 Å². The topological polar surface area (TPSA) is 0 Å². The number of hydrogen-bond donors (Lipinski definition) is 0. The normalized spacial score (nSPS) is 12.6. The quantitative estimate of drug-likeness (QED) is 0.548. The van der Waals surface area contributed by atoms with Gasteiger partial charge in [0.25, 0.3) is 0 Å². The van der Waals surface area contributed by atoms with Crippen LogP contribution < -0.4 is 0 Å². The zero-order valence-electron chi connectivity index (χ0n) is 8.59. The van der Waals surface area contributed by atoms with Crippen molar-refractivity contribution in [3.8, 4) is 0 Å². The number of hydrogen-bond acceptors (Lipinski definition) is 0. The summed E-state index contributed by atoms with van der Waals surface area (Å²) in [4.78, 5) is 0. The molecule has 0 heteroatoms. The van der Waals surface area contributed by atoms with Gasteiger partial charge in [-0.2, -0.15) is 0 Å². The summed E-state index contributed by atoms with van der Waals surface area (Å²) < 4.78 is 0. The van der Waals surface area contributed by atoms with Gasteiger partial charge in [0, 0.05) is 0 Å². The summed E-state index contributed by atoms with van der Waals surface area (Å²) in [6.45, 7) is 11.7. The van der Waals surface area contributed by atoms with Gasteiger partial charge >= 0.3 is 0 Å². The van der Waals surface area contributed by atoms with Gasteiger partial charge in [0.05, 0.1) is 0 Å². The molecule has 0 unspecified atom stereocenters. The molecule has 0 aliphatic heterocycles. The molecule has 0 spiro atoms. The van der Waals surface area contributed by atoms with E-state index < -0.39 is 0 Å². The summed E-state index contributed by atoms with van der Waals surface area (Å²) in [7, 11) is 0. The SMILES string of the molecule is C=C/C=C\C=C(\CC)C(=C)/C=C\C. The molecule has 0 aromatic rings. The Hall–Kier alpha value is -1.30. The highest BCUT2D eigenvalue weighted by Crippen LogP contribution is 2.13. The third kappa shape index (κ3) is 5.02. The van der Waals surface area contributed by atoms with Gasteiger partial charge in [-0.1, -0.05) is 56.5 Å². The van der Waals surface area contributed by atoms with E-state index in [-0.39, 0.29) is 0 Å². The van der Waals surface area contributed by atoms with E-state index in [4.69, 9.17) is 0 Å². The Balaban J connectivity index is 4.49. The highest BCUT2D eigenvalue weighted by Gasteiger charge is 1.93. The minimum Gasteiger partial charge on any atom is -0.0991 e. The molecule has 70 valence electrons. The first-order valence-electron chi connectivity index (χ1n) is 4.56. The van der Waals surface area contributed by atoms with E-state index in [1.165, 1.54) is 5.57 Å². The average molecular weight is 174 g/mol. The molecule has 0 saturated carbocycles. The molecule has 0 rings (SSSR count). The van der Waals surface area contributed by atoms with Crippen LogP contribution in [0.5, 0.6) is 0 Å². The van der Waals surface area contributed by atoms with Gasteiger partial charge in [-0.05, 0) is 24.5 Å². The first-order valence-corrected chi connectivity index (χ1v) is 4.56. The van der Waals surface area contributed by atoms with E-state index in [2.05, 4.69) is 26.2 Å². The van der Waals surface area contributed by atoms with Crippen molar-refractivity contribution < 1.29 is 0 Å². The Bertz CT molecular complexity index is 249. The van der Waals surface area contributed by atoms with E-state index in [9.17, 15) is 0 Å². The van der Waals surface area contributed by atoms with Gasteiger partial charge in [0.15, 0.2) is 0 Å². The Kier molecular flexibility index (Phi) is 6.62. The van der Waals surface area contributed by atoms with Crippen molar-refractivity contribution in [3.63, 3.8) is 0 Å². The summed E-state index contributed by atoms with van der Waals surface area (Å²) in [6, 6.07) is 0. The molecule has 0 heterocycles. The lowest BCUT2D eigenvalue weighted by Gasteiger charge is -2.01. The van der Waals surface area contributed by atoms with Crippen LogP contribution in [0.1, 0.15) is 20.3 Å². The lowest BCUT2D eigenvalue weighted by atomic mass is 10.0. The molecule has 0 bridgehead atoms. The highest BCUT2D eigenvalue weighted by atomic mass is 14.0. The Morgan fingerprint density at radius 2 is 2.00 bits per heavy atom. The number of rotatable bonds is 5. The molecule has 13 heavy (non-hydrogen) atoms. The van der Waals surface area contributed by atoms with Crippen molar-refractivity contribution in [2.45, 2.75) is 20.3 Å². The molecule has 0 saturated heterocycles. The summed E-state index contributed by atoms with van der Waals surface area (Å²) in [6.07, 6.45) is 12.8. The molecule has 0 N–H and O–H groups in total. The van der Waals surface area contributed by atoms with E-state index in [1.54, 1.807) is 6.08 Å². The Labute approximate surface area is 81.7 Å². The molecule has 0 aromatic carbocycles. The van der Waals surface area contributed by atoms with Crippen LogP contribution in [0.3, 0.4) is 0 Å². The van der Waals surface area contributed by atoms with Crippen LogP contribution in [-0.2, 0) is 0 Å². The van der Waals surface area contributed by atoms with E-state index in [1.807, 2.05) is 31.2 Å². The summed E-state index contributed by atoms with van der Waals surface area (Å²) >= 11 is 0. The average Bonchev–Trinajstić information content (AvgIpc) is 2.13. The van der Waals surface area contributed by atoms with Crippen LogP contribution >= 0.6 is 0 Å². The van der Waals surface area contributed by atoms with Gasteiger partial charge in [0.1, 0.15) is 0 Å². The molecule has 0 nitrogen and oxygen atoms in total. The molecular weight excluding hydrogens is 156 g/mol. The van der Waals surface area contributed by atoms with Crippen LogP contribution in [0, 0.1) is 0 Å². The van der Waals surface area contributed by atoms with Crippen molar-refractivity contribution in [1.29, 1.82) is 0 Å². The van der Waals surface area contributed by atoms with Crippen molar-refractivity contribution >= 4 is 0 Å². The van der Waals surface area contributed by atoms with Gasteiger partial charge < -0.3 is 0 Å². The van der Waals surface area contributed by atoms with Gasteiger partial charge in [-0.15, -0.1) is 0 Å². The lowest BCUT2D eigenvalue weighted by Crippen LogP contribution is -1.81. The number of allylic oxidation sites excluding steroid dienone is 8. The maximum absolute atomic E-state index is 3.98. The second kappa shape index (κ2) is 7.35. The molecule has 0 atom stereocenters. The van der Waals surface area contributed by atoms with Crippen LogP contribution in [0.15, 0.2) is 60.8 Å². The van der Waals surface area contributed by atoms with Crippen molar-refractivity contribution in [2.75, 3.05) is 0 Å². The summed E-state index contributed by atoms with van der Waals surface area (Å²) in [5, 5.41) is 0. The molecule has 0 aliphatic carbocycles. The first kappa shape index (κ1) is 11.7. The molecule has 0 aromatic heterocycles. The van der Waals surface area contributed by atoms with Gasteiger partial charge in [-0.25, -0.2) is 0 Å². The van der Waals surface area contributed by atoms with Crippen LogP contribution in [0.2, 0.25) is 0 Å². The predicted octanol–water partition coefficient (Wildman–Crippen LogP) is 4.20. The lowest BCUT2D eigenvalue weighted by molar-refractivity contribution is 1.13. The molecule has 0 amide bonds. The van der Waals surface area contributed by atoms with Gasteiger partial charge in [-0.3, -0.25) is 0 Å². The highest BCUT2D eigenvalue weighted by molar-refractivity contribution is 5.39. The van der Waals surface area contributed by atoms with Crippen LogP contribution in [-0.4, -0.2) is 0 Å². The smallest absolute Gasteiger partial charge is 0.0300 e. The third-order valence-electron chi connectivity index (χ3n) is 1.71. The molecule has 0 aliphatic rings. The minimum absolute atomic E-state index is 1.00. The summed E-state index contributed by atoms with van der Waals surface area (Å²) in [5.74, 6) is 0. The molecular formula is C13H18. The third-order valence-corrected chi connectivity index (χ3v) is 1.71. The second-order valence-corrected chi connectivity index (χ2v) is 2.69. The van der Waals surface area contributed by atoms with Crippen molar-refractivity contribution in [3.05, 3.63) is 60.8 Å². The van der Waals surface area contributed by atoms with E-state index in [0.717, 1.165) is 12.0 Å². The Morgan fingerprint density at radius 1 is 1.31 bits per heavy atom. The van der Waals surface area contributed by atoms with Crippen LogP contribution in [0.4, 0.5) is 0 Å². The fourth-order valence-electron chi connectivity index (χ4n) is 1.01. The monoisotopic (exact) mass is 174 g/mol. The summed E-state index contributed by atoms with van der Waals surface area (Å²) in [5.41, 5.74) is 2.34. The molecule has 0 radical (unpaired) electrons. The van der Waals surface area contributed by atoms with Crippen molar-refractivity contribution in [1.82, 2.24) is 0 Å². The predicted molar refractivity (Wildman–Crippen MR) is 61.7 cm³/mol. The fourth-order valence-corrected chi connectivity index (χ4v) is 1.01. The second-order valence-electron chi connectivity index (χ2n) is 2.69. The standard InChI is InChI=1S/C13H18/c1-5-8-9-11-13(7-3)12(4)10-6-2/h5-6,8-11H,1,4,7H2,2-3H3/b9-8-,10-6-,13-11-. The maximum Gasteiger partial charge on any atom is -0.0300 e. The van der Waals surface area contributed by atoms with Gasteiger partial charge in [0.2, 0.25) is 0 Å². The van der Waals surface area contributed by atoms with Crippen molar-refractivity contribution in [2.24, 2.45) is 0 Å². The molecule has 0 fully saturated rings. The zero-order chi connectivity index (χ0) is 10.1. The largest absolute Gasteiger partial charge is 0.0991 e. The zero-order valence-corrected chi connectivity index (χ0v) is 8.59. The first-order chi connectivity index (χ1) is 6.26. The Morgan fingerprint density at radius 3 is 2.46 bits per heavy atom. The minimum atomic E-state index is 1.00.